The molecule has 1 N–H and O–H groups in total. The fourth-order valence-electron chi connectivity index (χ4n) is 2.92. The summed E-state index contributed by atoms with van der Waals surface area (Å²) in [4.78, 5) is 14.4. The molecule has 4 nitrogen and oxygen atoms in total. The molecule has 1 saturated heterocycles. The van der Waals surface area contributed by atoms with Crippen molar-refractivity contribution in [2.24, 2.45) is 0 Å². The minimum Gasteiger partial charge on any atom is -0.384 e. The highest BCUT2D eigenvalue weighted by Gasteiger charge is 2.25. The van der Waals surface area contributed by atoms with Gasteiger partial charge in [0, 0.05) is 38.0 Å². The molecule has 19 heavy (non-hydrogen) atoms. The van der Waals surface area contributed by atoms with Gasteiger partial charge in [-0.05, 0) is 37.0 Å². The van der Waals surface area contributed by atoms with Crippen molar-refractivity contribution in [3.63, 3.8) is 0 Å². The maximum absolute atomic E-state index is 12.5. The lowest BCUT2D eigenvalue weighted by Crippen LogP contribution is -2.42. The van der Waals surface area contributed by atoms with Crippen molar-refractivity contribution in [2.75, 3.05) is 32.1 Å². The highest BCUT2D eigenvalue weighted by atomic mass is 16.5. The maximum Gasteiger partial charge on any atom is 0.254 e. The van der Waals surface area contributed by atoms with Crippen molar-refractivity contribution in [1.82, 2.24) is 4.90 Å². The first kappa shape index (κ1) is 12.5. The molecule has 0 saturated carbocycles. The van der Waals surface area contributed by atoms with E-state index in [1.54, 1.807) is 7.11 Å². The number of nitrogens with one attached hydrogen (secondary N) is 1. The van der Waals surface area contributed by atoms with Crippen LogP contribution in [0.2, 0.25) is 0 Å². The smallest absolute Gasteiger partial charge is 0.254 e. The number of nitrogens with zero attached hydrogens (tertiary/aromatic N) is 1. The van der Waals surface area contributed by atoms with Crippen LogP contribution in [0, 0.1) is 0 Å². The third-order valence-corrected chi connectivity index (χ3v) is 4.07. The van der Waals surface area contributed by atoms with E-state index in [4.69, 9.17) is 4.74 Å². The number of piperidine rings is 1. The van der Waals surface area contributed by atoms with Crippen molar-refractivity contribution in [3.05, 3.63) is 29.3 Å². The van der Waals surface area contributed by atoms with Gasteiger partial charge < -0.3 is 15.0 Å². The van der Waals surface area contributed by atoms with E-state index >= 15 is 0 Å². The van der Waals surface area contributed by atoms with Crippen molar-refractivity contribution in [3.8, 4) is 0 Å². The van der Waals surface area contributed by atoms with Gasteiger partial charge in [0.05, 0.1) is 6.10 Å². The molecule has 0 aliphatic carbocycles. The van der Waals surface area contributed by atoms with Crippen molar-refractivity contribution >= 4 is 11.6 Å². The molecule has 1 atom stereocenters. The van der Waals surface area contributed by atoms with Gasteiger partial charge in [0.2, 0.25) is 0 Å². The predicted molar refractivity (Wildman–Crippen MR) is 74.6 cm³/mol. The number of methoxy groups -OCH3 is 1. The Morgan fingerprint density at radius 3 is 3.21 bits per heavy atom. The van der Waals surface area contributed by atoms with Crippen LogP contribution in [0.3, 0.4) is 0 Å². The summed E-state index contributed by atoms with van der Waals surface area (Å²) in [6.07, 6.45) is 3.31. The molecule has 0 aromatic heterocycles. The van der Waals surface area contributed by atoms with Gasteiger partial charge in [0.25, 0.3) is 5.91 Å². The van der Waals surface area contributed by atoms with E-state index in [0.29, 0.717) is 6.54 Å². The Labute approximate surface area is 113 Å². The van der Waals surface area contributed by atoms with Crippen LogP contribution in [0.25, 0.3) is 0 Å². The second-order valence-corrected chi connectivity index (χ2v) is 5.30. The second-order valence-electron chi connectivity index (χ2n) is 5.30. The Morgan fingerprint density at radius 1 is 1.47 bits per heavy atom. The van der Waals surface area contributed by atoms with Crippen LogP contribution in [0.5, 0.6) is 0 Å². The summed E-state index contributed by atoms with van der Waals surface area (Å²) in [5, 5.41) is 3.32. The lowest BCUT2D eigenvalue weighted by molar-refractivity contribution is 0.0269. The van der Waals surface area contributed by atoms with Gasteiger partial charge in [0.15, 0.2) is 0 Å². The highest BCUT2D eigenvalue weighted by molar-refractivity contribution is 5.95. The summed E-state index contributed by atoms with van der Waals surface area (Å²) < 4.78 is 5.38. The number of likely N-dealkylation sites (tertiary alicyclic amines) is 1. The van der Waals surface area contributed by atoms with Crippen molar-refractivity contribution in [2.45, 2.75) is 25.4 Å². The molecule has 1 unspecified atom stereocenters. The number of benzene rings is 1. The van der Waals surface area contributed by atoms with Crippen LogP contribution >= 0.6 is 0 Å². The van der Waals surface area contributed by atoms with E-state index < -0.39 is 0 Å². The number of hydrogen-bond donors (Lipinski definition) is 1. The van der Waals surface area contributed by atoms with Gasteiger partial charge in [-0.2, -0.15) is 0 Å². The molecule has 2 aliphatic heterocycles. The fraction of sp³-hybridized carbons (Fsp3) is 0.533. The molecule has 0 radical (unpaired) electrons. The molecule has 2 heterocycles. The number of carbonyl (C=O) groups excluding carboxylic acids is 1. The van der Waals surface area contributed by atoms with Crippen LogP contribution in [-0.4, -0.2) is 43.7 Å². The lowest BCUT2D eigenvalue weighted by atomic mass is 10.0. The molecule has 1 aromatic rings. The van der Waals surface area contributed by atoms with Gasteiger partial charge in [0.1, 0.15) is 0 Å². The minimum atomic E-state index is 0.123. The van der Waals surface area contributed by atoms with E-state index in [2.05, 4.69) is 11.4 Å². The van der Waals surface area contributed by atoms with E-state index in [1.807, 2.05) is 17.0 Å². The Bertz CT molecular complexity index is 487. The first-order valence-electron chi connectivity index (χ1n) is 6.97. The topological polar surface area (TPSA) is 41.6 Å². The largest absolute Gasteiger partial charge is 0.384 e. The molecule has 0 spiro atoms. The summed E-state index contributed by atoms with van der Waals surface area (Å²) in [5.74, 6) is 0.123. The van der Waals surface area contributed by atoms with Gasteiger partial charge >= 0.3 is 0 Å². The summed E-state index contributed by atoms with van der Waals surface area (Å²) in [6.45, 7) is 2.52. The van der Waals surface area contributed by atoms with E-state index in [-0.39, 0.29) is 12.0 Å². The van der Waals surface area contributed by atoms with Crippen LogP contribution < -0.4 is 5.32 Å². The molecule has 3 rings (SSSR count). The standard InChI is InChI=1S/C15H20N2O2/c1-19-13-3-2-8-17(10-13)15(18)12-5-4-11-6-7-16-14(11)9-12/h4-5,9,13,16H,2-3,6-8,10H2,1H3. The maximum atomic E-state index is 12.5. The first-order valence-corrected chi connectivity index (χ1v) is 6.97. The zero-order chi connectivity index (χ0) is 13.2. The summed E-state index contributed by atoms with van der Waals surface area (Å²) in [5.41, 5.74) is 3.21. The van der Waals surface area contributed by atoms with Crippen LogP contribution in [0.4, 0.5) is 5.69 Å². The number of hydrogen-bond acceptors (Lipinski definition) is 3. The minimum absolute atomic E-state index is 0.123. The average molecular weight is 260 g/mol. The zero-order valence-corrected chi connectivity index (χ0v) is 11.3. The average Bonchev–Trinajstić information content (AvgIpc) is 2.94. The van der Waals surface area contributed by atoms with Crippen molar-refractivity contribution in [1.29, 1.82) is 0 Å². The van der Waals surface area contributed by atoms with Gasteiger partial charge in [-0.1, -0.05) is 6.07 Å². The lowest BCUT2D eigenvalue weighted by Gasteiger charge is -2.32. The van der Waals surface area contributed by atoms with Gasteiger partial charge in [-0.3, -0.25) is 4.79 Å². The Morgan fingerprint density at radius 2 is 2.37 bits per heavy atom. The quantitative estimate of drug-likeness (QED) is 0.883. The Balaban J connectivity index is 1.76. The molecular weight excluding hydrogens is 240 g/mol. The molecule has 1 aromatic carbocycles. The molecule has 4 heteroatoms. The first-order chi connectivity index (χ1) is 9.28. The van der Waals surface area contributed by atoms with Crippen LogP contribution in [0.1, 0.15) is 28.8 Å². The fourth-order valence-corrected chi connectivity index (χ4v) is 2.92. The summed E-state index contributed by atoms with van der Waals surface area (Å²) in [7, 11) is 1.72. The number of fused-ring (bicyclic) bond motifs is 1. The van der Waals surface area contributed by atoms with Crippen LogP contribution in [-0.2, 0) is 11.2 Å². The SMILES string of the molecule is COC1CCCN(C(=O)c2ccc3c(c2)NCC3)C1. The predicted octanol–water partition coefficient (Wildman–Crippen LogP) is 1.91. The van der Waals surface area contributed by atoms with Crippen molar-refractivity contribution < 1.29 is 9.53 Å². The third-order valence-electron chi connectivity index (χ3n) is 4.07. The van der Waals surface area contributed by atoms with E-state index in [9.17, 15) is 4.79 Å². The summed E-state index contributed by atoms with van der Waals surface area (Å²) >= 11 is 0. The third kappa shape index (κ3) is 2.45. The van der Waals surface area contributed by atoms with E-state index in [0.717, 1.165) is 43.6 Å². The number of rotatable bonds is 2. The van der Waals surface area contributed by atoms with Gasteiger partial charge in [-0.25, -0.2) is 0 Å². The monoisotopic (exact) mass is 260 g/mol. The number of anilines is 1. The normalized spacial score (nSPS) is 21.9. The highest BCUT2D eigenvalue weighted by Crippen LogP contribution is 2.24. The Hall–Kier alpha value is -1.55. The Kier molecular flexibility index (Phi) is 3.42. The molecule has 0 bridgehead atoms. The molecular formula is C15H20N2O2. The van der Waals surface area contributed by atoms with E-state index in [1.165, 1.54) is 5.56 Å². The van der Waals surface area contributed by atoms with Crippen LogP contribution in [0.15, 0.2) is 18.2 Å². The zero-order valence-electron chi connectivity index (χ0n) is 11.3. The van der Waals surface area contributed by atoms with Gasteiger partial charge in [-0.15, -0.1) is 0 Å². The molecule has 1 amide bonds. The number of carbonyl (C=O) groups is 1. The summed E-state index contributed by atoms with van der Waals surface area (Å²) in [6, 6.07) is 6.01. The number of ether oxygens (including phenoxy) is 1. The molecule has 102 valence electrons. The molecule has 1 fully saturated rings. The molecule has 2 aliphatic rings. The second kappa shape index (κ2) is 5.21. The number of amides is 1.